The molecule has 4 aliphatic carbocycles. The number of allylic oxidation sites excluding steroid dienone is 1. The molecule has 0 aliphatic heterocycles. The molecule has 4 nitrogen and oxygen atoms in total. The lowest BCUT2D eigenvalue weighted by Crippen LogP contribution is -2.59. The third-order valence-corrected chi connectivity index (χ3v) is 8.58. The van der Waals surface area contributed by atoms with E-state index in [2.05, 4.69) is 13.5 Å². The Bertz CT molecular complexity index is 722. The number of carbonyl (C=O) groups excluding carboxylic acids is 2. The highest BCUT2D eigenvalue weighted by molar-refractivity contribution is 5.93. The Morgan fingerprint density at radius 1 is 1.23 bits per heavy atom. The van der Waals surface area contributed by atoms with E-state index in [4.69, 9.17) is 0 Å². The van der Waals surface area contributed by atoms with Crippen LogP contribution < -0.4 is 0 Å². The normalized spacial score (nSPS) is 47.7. The fourth-order valence-electron chi connectivity index (χ4n) is 7.10. The molecule has 3 fully saturated rings. The van der Waals surface area contributed by atoms with Crippen molar-refractivity contribution in [2.75, 3.05) is 6.61 Å². The second-order valence-electron chi connectivity index (χ2n) is 9.56. The van der Waals surface area contributed by atoms with Gasteiger partial charge in [0.25, 0.3) is 0 Å². The molecule has 0 bridgehead atoms. The zero-order valence-electron chi connectivity index (χ0n) is 15.9. The Hall–Kier alpha value is -1.26. The number of hydrogen-bond donors (Lipinski definition) is 2. The van der Waals surface area contributed by atoms with E-state index in [1.165, 1.54) is 5.57 Å². The van der Waals surface area contributed by atoms with Crippen molar-refractivity contribution >= 4 is 11.6 Å². The largest absolute Gasteiger partial charge is 0.392 e. The molecule has 0 aromatic heterocycles. The summed E-state index contributed by atoms with van der Waals surface area (Å²) in [6.45, 7) is 7.88. The third kappa shape index (κ3) is 2.09. The van der Waals surface area contributed by atoms with Gasteiger partial charge in [0.05, 0.1) is 12.2 Å². The summed E-state index contributed by atoms with van der Waals surface area (Å²) in [5.41, 5.74) is -0.302. The predicted octanol–water partition coefficient (Wildman–Crippen LogP) is 2.98. The summed E-state index contributed by atoms with van der Waals surface area (Å²) < 4.78 is 0. The minimum atomic E-state index is -1.16. The van der Waals surface area contributed by atoms with Crippen molar-refractivity contribution in [2.24, 2.45) is 28.6 Å². The molecule has 4 rings (SSSR count). The Labute approximate surface area is 155 Å². The maximum atomic E-state index is 13.4. The van der Waals surface area contributed by atoms with Gasteiger partial charge in [-0.3, -0.25) is 9.59 Å². The molecule has 0 saturated heterocycles. The summed E-state index contributed by atoms with van der Waals surface area (Å²) in [6.07, 6.45) is 6.67. The van der Waals surface area contributed by atoms with Crippen LogP contribution in [-0.4, -0.2) is 34.0 Å². The van der Waals surface area contributed by atoms with Gasteiger partial charge in [0.2, 0.25) is 0 Å². The van der Waals surface area contributed by atoms with Gasteiger partial charge in [-0.2, -0.15) is 0 Å². The van der Waals surface area contributed by atoms with E-state index < -0.39 is 11.0 Å². The van der Waals surface area contributed by atoms with Crippen LogP contribution in [-0.2, 0) is 9.59 Å². The number of carbonyl (C=O) groups is 2. The fraction of sp³-hybridized carbons (Fsp3) is 0.727. The molecule has 4 heteroatoms. The van der Waals surface area contributed by atoms with Crippen LogP contribution in [0.25, 0.3) is 0 Å². The fourth-order valence-corrected chi connectivity index (χ4v) is 7.10. The van der Waals surface area contributed by atoms with Gasteiger partial charge < -0.3 is 10.2 Å². The number of fused-ring (bicyclic) bond motifs is 5. The van der Waals surface area contributed by atoms with Crippen molar-refractivity contribution in [1.29, 1.82) is 0 Å². The minimum Gasteiger partial charge on any atom is -0.392 e. The van der Waals surface area contributed by atoms with Crippen LogP contribution in [0.2, 0.25) is 0 Å². The second-order valence-corrected chi connectivity index (χ2v) is 9.56. The first-order valence-electron chi connectivity index (χ1n) is 9.95. The topological polar surface area (TPSA) is 74.6 Å². The Kier molecular flexibility index (Phi) is 3.92. The molecule has 6 atom stereocenters. The van der Waals surface area contributed by atoms with E-state index in [9.17, 15) is 19.8 Å². The molecule has 0 radical (unpaired) electrons. The first-order valence-corrected chi connectivity index (χ1v) is 9.95. The first kappa shape index (κ1) is 18.1. The average Bonchev–Trinajstić information content (AvgIpc) is 2.86. The summed E-state index contributed by atoms with van der Waals surface area (Å²) in [4.78, 5) is 25.3. The lowest BCUT2D eigenvalue weighted by Gasteiger charge is -2.58. The van der Waals surface area contributed by atoms with E-state index in [-0.39, 0.29) is 41.3 Å². The monoisotopic (exact) mass is 358 g/mol. The molecule has 0 aromatic carbocycles. The smallest absolute Gasteiger partial charge is 0.155 e. The van der Waals surface area contributed by atoms with E-state index in [0.717, 1.165) is 25.7 Å². The number of ketones is 2. The van der Waals surface area contributed by atoms with Crippen molar-refractivity contribution < 1.29 is 19.8 Å². The molecule has 26 heavy (non-hydrogen) atoms. The zero-order chi connectivity index (χ0) is 18.9. The molecule has 2 N–H and O–H groups in total. The molecule has 6 unspecified atom stereocenters. The summed E-state index contributed by atoms with van der Waals surface area (Å²) >= 11 is 0. The standard InChI is InChI=1S/C22H30O4/c1-13(12-23)22(26)9-7-17-16-5-4-14-10-15(24)6-8-20(14,2)19(16)18(25)11-21(17,22)3/h10,16-17,19,23,26H,1,4-9,11-12H2,2-3H3. The summed E-state index contributed by atoms with van der Waals surface area (Å²) in [5.74, 6) is 0.880. The van der Waals surface area contributed by atoms with Gasteiger partial charge in [-0.1, -0.05) is 26.0 Å². The molecule has 0 amide bonds. The van der Waals surface area contributed by atoms with Crippen molar-refractivity contribution in [3.8, 4) is 0 Å². The van der Waals surface area contributed by atoms with E-state index in [0.29, 0.717) is 24.8 Å². The van der Waals surface area contributed by atoms with Gasteiger partial charge in [-0.15, -0.1) is 0 Å². The quantitative estimate of drug-likeness (QED) is 0.744. The lowest BCUT2D eigenvalue weighted by molar-refractivity contribution is -0.155. The minimum absolute atomic E-state index is 0.0431. The highest BCUT2D eigenvalue weighted by atomic mass is 16.3. The lowest BCUT2D eigenvalue weighted by atomic mass is 9.45. The van der Waals surface area contributed by atoms with E-state index >= 15 is 0 Å². The van der Waals surface area contributed by atoms with Crippen molar-refractivity contribution in [2.45, 2.75) is 64.4 Å². The van der Waals surface area contributed by atoms with Gasteiger partial charge in [0, 0.05) is 24.2 Å². The Morgan fingerprint density at radius 3 is 2.65 bits per heavy atom. The second kappa shape index (κ2) is 5.62. The maximum Gasteiger partial charge on any atom is 0.155 e. The van der Waals surface area contributed by atoms with Gasteiger partial charge in [0.15, 0.2) is 5.78 Å². The van der Waals surface area contributed by atoms with Crippen molar-refractivity contribution in [3.05, 3.63) is 23.8 Å². The molecule has 0 aromatic rings. The number of rotatable bonds is 2. The van der Waals surface area contributed by atoms with Gasteiger partial charge in [0.1, 0.15) is 5.78 Å². The first-order chi connectivity index (χ1) is 12.2. The van der Waals surface area contributed by atoms with E-state index in [1.807, 2.05) is 6.92 Å². The predicted molar refractivity (Wildman–Crippen MR) is 98.3 cm³/mol. The number of aliphatic hydroxyl groups excluding tert-OH is 1. The highest BCUT2D eigenvalue weighted by Crippen LogP contribution is 2.67. The SMILES string of the molecule is C=C(CO)C1(O)CCC2C3CCC4=CC(=O)CCC4(C)C3C(=O)CC21C. The third-order valence-electron chi connectivity index (χ3n) is 8.58. The molecular formula is C22H30O4. The number of aliphatic hydroxyl groups is 2. The number of Topliss-reactive ketones (excluding diaryl/α,β-unsaturated/α-hetero) is 1. The van der Waals surface area contributed by atoms with Gasteiger partial charge >= 0.3 is 0 Å². The molecule has 0 heterocycles. The van der Waals surface area contributed by atoms with Crippen LogP contribution in [0.4, 0.5) is 0 Å². The Balaban J connectivity index is 1.75. The Morgan fingerprint density at radius 2 is 1.96 bits per heavy atom. The summed E-state index contributed by atoms with van der Waals surface area (Å²) in [6, 6.07) is 0. The number of hydrogen-bond acceptors (Lipinski definition) is 4. The van der Waals surface area contributed by atoms with Crippen LogP contribution in [0.3, 0.4) is 0 Å². The summed E-state index contributed by atoms with van der Waals surface area (Å²) in [5, 5.41) is 21.0. The van der Waals surface area contributed by atoms with Crippen LogP contribution >= 0.6 is 0 Å². The maximum absolute atomic E-state index is 13.4. The zero-order valence-corrected chi connectivity index (χ0v) is 15.9. The summed E-state index contributed by atoms with van der Waals surface area (Å²) in [7, 11) is 0. The average molecular weight is 358 g/mol. The highest BCUT2D eigenvalue weighted by Gasteiger charge is 2.66. The van der Waals surface area contributed by atoms with Gasteiger partial charge in [-0.25, -0.2) is 0 Å². The van der Waals surface area contributed by atoms with Crippen molar-refractivity contribution in [1.82, 2.24) is 0 Å². The van der Waals surface area contributed by atoms with Crippen LogP contribution in [0.1, 0.15) is 58.8 Å². The molecule has 3 saturated carbocycles. The molecular weight excluding hydrogens is 328 g/mol. The van der Waals surface area contributed by atoms with Crippen molar-refractivity contribution in [3.63, 3.8) is 0 Å². The van der Waals surface area contributed by atoms with Gasteiger partial charge in [-0.05, 0) is 61.0 Å². The molecule has 4 aliphatic rings. The van der Waals surface area contributed by atoms with Crippen LogP contribution in [0, 0.1) is 28.6 Å². The molecule has 142 valence electrons. The molecule has 0 spiro atoms. The van der Waals surface area contributed by atoms with E-state index in [1.54, 1.807) is 6.08 Å². The van der Waals surface area contributed by atoms with Crippen LogP contribution in [0.15, 0.2) is 23.8 Å². The van der Waals surface area contributed by atoms with Crippen LogP contribution in [0.5, 0.6) is 0 Å².